The Balaban J connectivity index is 1.75. The maximum absolute atomic E-state index is 12.1. The summed E-state index contributed by atoms with van der Waals surface area (Å²) in [5.74, 6) is -0.343. The zero-order valence-electron chi connectivity index (χ0n) is 16.0. The molecule has 25 heavy (non-hydrogen) atoms. The number of carbonyl (C=O) groups is 2. The van der Waals surface area contributed by atoms with Gasteiger partial charge in [-0.15, -0.1) is 0 Å². The van der Waals surface area contributed by atoms with Crippen LogP contribution in [0.4, 0.5) is 0 Å². The summed E-state index contributed by atoms with van der Waals surface area (Å²) in [5.41, 5.74) is 2.51. The van der Waals surface area contributed by atoms with Crippen LogP contribution in [0.2, 0.25) is 0 Å². The van der Waals surface area contributed by atoms with Crippen molar-refractivity contribution in [1.82, 2.24) is 10.6 Å². The van der Waals surface area contributed by atoms with Gasteiger partial charge < -0.3 is 10.6 Å². The quantitative estimate of drug-likeness (QED) is 0.800. The second kappa shape index (κ2) is 8.50. The summed E-state index contributed by atoms with van der Waals surface area (Å²) in [6, 6.07) is 8.04. The number of benzene rings is 1. The van der Waals surface area contributed by atoms with E-state index < -0.39 is 11.8 Å². The Morgan fingerprint density at radius 2 is 1.80 bits per heavy atom. The third-order valence-corrected chi connectivity index (χ3v) is 5.82. The van der Waals surface area contributed by atoms with Crippen molar-refractivity contribution in [3.8, 4) is 0 Å². The smallest absolute Gasteiger partial charge is 0.309 e. The number of amides is 2. The zero-order valence-corrected chi connectivity index (χ0v) is 16.0. The molecule has 0 heterocycles. The first-order valence-electron chi connectivity index (χ1n) is 9.46. The van der Waals surface area contributed by atoms with E-state index in [2.05, 4.69) is 31.4 Å². The van der Waals surface area contributed by atoms with Crippen LogP contribution in [0.15, 0.2) is 24.3 Å². The average molecular weight is 344 g/mol. The fraction of sp³-hybridized carbons (Fsp3) is 0.619. The van der Waals surface area contributed by atoms with Crippen molar-refractivity contribution < 1.29 is 9.59 Å². The number of rotatable bonds is 5. The van der Waals surface area contributed by atoms with E-state index in [1.54, 1.807) is 0 Å². The Labute approximate surface area is 151 Å². The molecule has 1 fully saturated rings. The summed E-state index contributed by atoms with van der Waals surface area (Å²) in [6.07, 6.45) is 5.35. The largest absolute Gasteiger partial charge is 0.345 e. The van der Waals surface area contributed by atoms with Gasteiger partial charge in [-0.1, -0.05) is 57.0 Å². The highest BCUT2D eigenvalue weighted by Crippen LogP contribution is 2.40. The van der Waals surface area contributed by atoms with E-state index in [1.165, 1.54) is 6.42 Å². The third kappa shape index (κ3) is 5.58. The molecule has 0 radical (unpaired) electrons. The first-order valence-corrected chi connectivity index (χ1v) is 9.46. The maximum Gasteiger partial charge on any atom is 0.309 e. The zero-order chi connectivity index (χ0) is 18.4. The Hall–Kier alpha value is -1.84. The molecular formula is C21H32N2O2. The minimum atomic E-state index is -0.544. The highest BCUT2D eigenvalue weighted by atomic mass is 16.2. The van der Waals surface area contributed by atoms with E-state index in [0.717, 1.165) is 36.8 Å². The van der Waals surface area contributed by atoms with Crippen LogP contribution in [0.25, 0.3) is 0 Å². The van der Waals surface area contributed by atoms with Gasteiger partial charge in [0.25, 0.3) is 0 Å². The number of nitrogens with one attached hydrogen (secondary N) is 2. The molecule has 1 aliphatic carbocycles. The molecule has 1 saturated carbocycles. The van der Waals surface area contributed by atoms with Crippen LogP contribution >= 0.6 is 0 Å². The monoisotopic (exact) mass is 344 g/mol. The standard InChI is InChI=1S/C21H32N2O2/c1-5-21(3,4)17-9-11-18(12-10-17)23-20(25)19(24)22-14-16-8-6-7-15(2)13-16/h6-8,13,17-18H,5,9-12,14H2,1-4H3,(H,22,24)(H,23,25). The van der Waals surface area contributed by atoms with E-state index in [4.69, 9.17) is 0 Å². The van der Waals surface area contributed by atoms with Crippen molar-refractivity contribution in [2.45, 2.75) is 72.4 Å². The van der Waals surface area contributed by atoms with Crippen molar-refractivity contribution in [2.24, 2.45) is 11.3 Å². The minimum Gasteiger partial charge on any atom is -0.345 e. The second-order valence-corrected chi connectivity index (χ2v) is 8.04. The lowest BCUT2D eigenvalue weighted by atomic mass is 9.69. The van der Waals surface area contributed by atoms with Gasteiger partial charge in [0.2, 0.25) is 0 Å². The molecule has 0 aliphatic heterocycles. The highest BCUT2D eigenvalue weighted by molar-refractivity contribution is 6.35. The van der Waals surface area contributed by atoms with E-state index in [-0.39, 0.29) is 6.04 Å². The van der Waals surface area contributed by atoms with Crippen LogP contribution in [-0.4, -0.2) is 17.9 Å². The SMILES string of the molecule is CCC(C)(C)C1CCC(NC(=O)C(=O)NCc2cccc(C)c2)CC1. The molecular weight excluding hydrogens is 312 g/mol. The Kier molecular flexibility index (Phi) is 6.63. The highest BCUT2D eigenvalue weighted by Gasteiger charge is 2.32. The molecule has 1 aromatic rings. The third-order valence-electron chi connectivity index (χ3n) is 5.82. The van der Waals surface area contributed by atoms with Crippen molar-refractivity contribution in [2.75, 3.05) is 0 Å². The topological polar surface area (TPSA) is 58.2 Å². The predicted octanol–water partition coefficient (Wildman–Crippen LogP) is 3.72. The van der Waals surface area contributed by atoms with Gasteiger partial charge in [-0.05, 0) is 49.5 Å². The fourth-order valence-corrected chi connectivity index (χ4v) is 3.64. The van der Waals surface area contributed by atoms with Gasteiger partial charge in [0.05, 0.1) is 0 Å². The van der Waals surface area contributed by atoms with Gasteiger partial charge in [0, 0.05) is 12.6 Å². The molecule has 2 rings (SSSR count). The van der Waals surface area contributed by atoms with Crippen molar-refractivity contribution in [3.05, 3.63) is 35.4 Å². The molecule has 0 aromatic heterocycles. The van der Waals surface area contributed by atoms with Gasteiger partial charge in [-0.3, -0.25) is 9.59 Å². The lowest BCUT2D eigenvalue weighted by Crippen LogP contribution is -2.46. The summed E-state index contributed by atoms with van der Waals surface area (Å²) in [7, 11) is 0. The number of carbonyl (C=O) groups excluding carboxylic acids is 2. The summed E-state index contributed by atoms with van der Waals surface area (Å²) < 4.78 is 0. The number of aryl methyl sites for hydroxylation is 1. The lowest BCUT2D eigenvalue weighted by molar-refractivity contribution is -0.139. The first kappa shape index (κ1) is 19.5. The molecule has 0 unspecified atom stereocenters. The normalized spacial score (nSPS) is 20.8. The summed E-state index contributed by atoms with van der Waals surface area (Å²) in [4.78, 5) is 24.1. The van der Waals surface area contributed by atoms with Crippen LogP contribution in [0.5, 0.6) is 0 Å². The van der Waals surface area contributed by atoms with Gasteiger partial charge in [0.15, 0.2) is 0 Å². The van der Waals surface area contributed by atoms with Crippen LogP contribution < -0.4 is 10.6 Å². The number of hydrogen-bond acceptors (Lipinski definition) is 2. The van der Waals surface area contributed by atoms with Crippen molar-refractivity contribution in [3.63, 3.8) is 0 Å². The second-order valence-electron chi connectivity index (χ2n) is 8.04. The van der Waals surface area contributed by atoms with E-state index in [1.807, 2.05) is 31.2 Å². The summed E-state index contributed by atoms with van der Waals surface area (Å²) in [5, 5.41) is 5.61. The summed E-state index contributed by atoms with van der Waals surface area (Å²) >= 11 is 0. The molecule has 138 valence electrons. The molecule has 0 bridgehead atoms. The molecule has 2 N–H and O–H groups in total. The van der Waals surface area contributed by atoms with Crippen molar-refractivity contribution >= 4 is 11.8 Å². The Morgan fingerprint density at radius 3 is 2.40 bits per heavy atom. The van der Waals surface area contributed by atoms with Crippen LogP contribution in [0.3, 0.4) is 0 Å². The van der Waals surface area contributed by atoms with Crippen LogP contribution in [-0.2, 0) is 16.1 Å². The molecule has 4 heteroatoms. The molecule has 1 aromatic carbocycles. The maximum atomic E-state index is 12.1. The number of hydrogen-bond donors (Lipinski definition) is 2. The van der Waals surface area contributed by atoms with Crippen LogP contribution in [0.1, 0.15) is 64.0 Å². The van der Waals surface area contributed by atoms with Gasteiger partial charge in [0.1, 0.15) is 0 Å². The molecule has 4 nitrogen and oxygen atoms in total. The molecule has 1 aliphatic rings. The van der Waals surface area contributed by atoms with Gasteiger partial charge in [-0.25, -0.2) is 0 Å². The molecule has 0 spiro atoms. The van der Waals surface area contributed by atoms with Crippen LogP contribution in [0, 0.1) is 18.3 Å². The van der Waals surface area contributed by atoms with E-state index >= 15 is 0 Å². The predicted molar refractivity (Wildman–Crippen MR) is 101 cm³/mol. The van der Waals surface area contributed by atoms with Crippen molar-refractivity contribution in [1.29, 1.82) is 0 Å². The first-order chi connectivity index (χ1) is 11.8. The summed E-state index contributed by atoms with van der Waals surface area (Å²) in [6.45, 7) is 9.29. The minimum absolute atomic E-state index is 0.126. The Morgan fingerprint density at radius 1 is 1.12 bits per heavy atom. The fourth-order valence-electron chi connectivity index (χ4n) is 3.64. The average Bonchev–Trinajstić information content (AvgIpc) is 2.60. The Bertz CT molecular complexity index is 602. The van der Waals surface area contributed by atoms with E-state index in [0.29, 0.717) is 17.9 Å². The van der Waals surface area contributed by atoms with Gasteiger partial charge in [-0.2, -0.15) is 0 Å². The van der Waals surface area contributed by atoms with E-state index in [9.17, 15) is 9.59 Å². The molecule has 0 atom stereocenters. The lowest BCUT2D eigenvalue weighted by Gasteiger charge is -2.39. The van der Waals surface area contributed by atoms with Gasteiger partial charge >= 0.3 is 11.8 Å². The molecule has 2 amide bonds. The molecule has 0 saturated heterocycles.